The van der Waals surface area contributed by atoms with Gasteiger partial charge in [-0.1, -0.05) is 35.9 Å². The van der Waals surface area contributed by atoms with Crippen LogP contribution in [0.4, 0.5) is 5.95 Å². The van der Waals surface area contributed by atoms with Crippen LogP contribution in [0.5, 0.6) is 5.75 Å². The van der Waals surface area contributed by atoms with Crippen LogP contribution in [-0.2, 0) is 4.79 Å². The van der Waals surface area contributed by atoms with E-state index in [2.05, 4.69) is 10.3 Å². The molecule has 1 atom stereocenters. The third kappa shape index (κ3) is 2.77. The monoisotopic (exact) mass is 392 g/mol. The van der Waals surface area contributed by atoms with E-state index in [1.165, 1.54) is 0 Å². The molecule has 1 aromatic heterocycles. The largest absolute Gasteiger partial charge is 0.508 e. The minimum absolute atomic E-state index is 0.122. The number of anilines is 1. The average molecular weight is 393 g/mol. The summed E-state index contributed by atoms with van der Waals surface area (Å²) < 4.78 is 1.75. The van der Waals surface area contributed by atoms with Crippen LogP contribution in [0.25, 0.3) is 11.4 Å². The summed E-state index contributed by atoms with van der Waals surface area (Å²) in [5.41, 5.74) is 3.33. The molecular formula is C21H17ClN4O2. The van der Waals surface area contributed by atoms with Gasteiger partial charge >= 0.3 is 0 Å². The highest BCUT2D eigenvalue weighted by atomic mass is 35.5. The molecule has 0 amide bonds. The van der Waals surface area contributed by atoms with Crippen molar-refractivity contribution < 1.29 is 9.90 Å². The van der Waals surface area contributed by atoms with Crippen LogP contribution >= 0.6 is 11.6 Å². The molecule has 1 aliphatic carbocycles. The summed E-state index contributed by atoms with van der Waals surface area (Å²) in [6.07, 6.45) is 2.15. The molecule has 0 bridgehead atoms. The predicted molar refractivity (Wildman–Crippen MR) is 106 cm³/mol. The van der Waals surface area contributed by atoms with Gasteiger partial charge in [-0.3, -0.25) is 4.79 Å². The highest BCUT2D eigenvalue weighted by Crippen LogP contribution is 2.40. The Kier molecular flexibility index (Phi) is 3.94. The number of hydrogen-bond donors (Lipinski definition) is 2. The SMILES string of the molecule is O=C1CCCC2=C1[C@H](c1ccc(O)cc1)n1nc(-c3cccc(Cl)c3)nc1N2. The first-order chi connectivity index (χ1) is 13.6. The summed E-state index contributed by atoms with van der Waals surface area (Å²) in [5.74, 6) is 1.44. The summed E-state index contributed by atoms with van der Waals surface area (Å²) >= 11 is 6.12. The molecule has 0 unspecified atom stereocenters. The fraction of sp³-hybridized carbons (Fsp3) is 0.190. The van der Waals surface area contributed by atoms with Gasteiger partial charge in [-0.05, 0) is 42.7 Å². The van der Waals surface area contributed by atoms with E-state index in [-0.39, 0.29) is 17.6 Å². The number of carbonyl (C=O) groups excluding carboxylic acids is 1. The molecule has 5 rings (SSSR count). The van der Waals surface area contributed by atoms with Gasteiger partial charge in [-0.15, -0.1) is 5.10 Å². The number of Topliss-reactive ketones (excluding diaryl/α,β-unsaturated/α-hetero) is 1. The number of aromatic hydroxyl groups is 1. The Morgan fingerprint density at radius 2 is 1.96 bits per heavy atom. The van der Waals surface area contributed by atoms with Gasteiger partial charge in [-0.25, -0.2) is 4.68 Å². The summed E-state index contributed by atoms with van der Waals surface area (Å²) in [7, 11) is 0. The molecule has 0 spiro atoms. The average Bonchev–Trinajstić information content (AvgIpc) is 3.11. The standard InChI is InChI=1S/C21H17ClN4O2/c22-14-4-1-3-13(11-14)20-24-21-23-16-5-2-6-17(28)18(16)19(26(21)25-20)12-7-9-15(27)10-8-12/h1,3-4,7-11,19,27H,2,5-6H2,(H,23,24,25)/t19-/m0/s1. The molecule has 0 saturated heterocycles. The fourth-order valence-corrected chi connectivity index (χ4v) is 4.06. The van der Waals surface area contributed by atoms with Gasteiger partial charge < -0.3 is 10.4 Å². The zero-order valence-electron chi connectivity index (χ0n) is 14.9. The molecule has 0 radical (unpaired) electrons. The van der Waals surface area contributed by atoms with Gasteiger partial charge in [0.15, 0.2) is 11.6 Å². The first-order valence-corrected chi connectivity index (χ1v) is 9.52. The second-order valence-electron chi connectivity index (χ2n) is 7.00. The van der Waals surface area contributed by atoms with Gasteiger partial charge in [-0.2, -0.15) is 4.98 Å². The van der Waals surface area contributed by atoms with Crippen LogP contribution in [0.1, 0.15) is 30.9 Å². The van der Waals surface area contributed by atoms with E-state index < -0.39 is 0 Å². The molecule has 6 nitrogen and oxygen atoms in total. The first kappa shape index (κ1) is 17.0. The molecule has 28 heavy (non-hydrogen) atoms. The lowest BCUT2D eigenvalue weighted by molar-refractivity contribution is -0.116. The molecule has 140 valence electrons. The number of phenols is 1. The third-order valence-corrected chi connectivity index (χ3v) is 5.39. The van der Waals surface area contributed by atoms with Gasteiger partial charge in [0.1, 0.15) is 11.8 Å². The van der Waals surface area contributed by atoms with E-state index in [1.54, 1.807) is 22.9 Å². The lowest BCUT2D eigenvalue weighted by Gasteiger charge is -2.32. The predicted octanol–water partition coefficient (Wildman–Crippen LogP) is 4.33. The maximum atomic E-state index is 12.8. The van der Waals surface area contributed by atoms with Crippen molar-refractivity contribution in [1.29, 1.82) is 0 Å². The number of hydrogen-bond acceptors (Lipinski definition) is 5. The highest BCUT2D eigenvalue weighted by Gasteiger charge is 2.36. The molecule has 2 aliphatic rings. The van der Waals surface area contributed by atoms with Crippen LogP contribution in [0, 0.1) is 0 Å². The summed E-state index contributed by atoms with van der Waals surface area (Å²) in [6, 6.07) is 13.9. The maximum Gasteiger partial charge on any atom is 0.226 e. The van der Waals surface area contributed by atoms with Crippen LogP contribution in [-0.4, -0.2) is 25.7 Å². The number of aromatic nitrogens is 3. The molecule has 0 fully saturated rings. The number of carbonyl (C=O) groups is 1. The van der Waals surface area contributed by atoms with E-state index in [0.717, 1.165) is 35.2 Å². The first-order valence-electron chi connectivity index (χ1n) is 9.15. The number of allylic oxidation sites excluding steroid dienone is 2. The maximum absolute atomic E-state index is 12.8. The Hall–Kier alpha value is -3.12. The molecule has 2 heterocycles. The number of halogens is 1. The van der Waals surface area contributed by atoms with Gasteiger partial charge in [0, 0.05) is 28.3 Å². The van der Waals surface area contributed by atoms with Crippen molar-refractivity contribution in [3.05, 3.63) is 70.4 Å². The zero-order chi connectivity index (χ0) is 19.3. The Labute approximate surface area is 166 Å². The molecule has 7 heteroatoms. The number of phenolic OH excluding ortho intramolecular Hbond substituents is 1. The van der Waals surface area contributed by atoms with Crippen molar-refractivity contribution >= 4 is 23.3 Å². The van der Waals surface area contributed by atoms with Crippen molar-refractivity contribution in [3.63, 3.8) is 0 Å². The number of ketones is 1. The lowest BCUT2D eigenvalue weighted by atomic mass is 9.85. The minimum Gasteiger partial charge on any atom is -0.508 e. The molecular weight excluding hydrogens is 376 g/mol. The fourth-order valence-electron chi connectivity index (χ4n) is 3.87. The summed E-state index contributed by atoms with van der Waals surface area (Å²) in [6.45, 7) is 0. The quantitative estimate of drug-likeness (QED) is 0.678. The Bertz CT molecular complexity index is 1120. The van der Waals surface area contributed by atoms with Crippen molar-refractivity contribution in [2.75, 3.05) is 5.32 Å². The number of fused-ring (bicyclic) bond motifs is 1. The second-order valence-corrected chi connectivity index (χ2v) is 7.44. The summed E-state index contributed by atoms with van der Waals surface area (Å²) in [5, 5.41) is 18.3. The van der Waals surface area contributed by atoms with Gasteiger partial charge in [0.25, 0.3) is 0 Å². The topological polar surface area (TPSA) is 80.0 Å². The van der Waals surface area contributed by atoms with Crippen molar-refractivity contribution in [3.8, 4) is 17.1 Å². The molecule has 2 N–H and O–H groups in total. The van der Waals surface area contributed by atoms with Gasteiger partial charge in [0.05, 0.1) is 0 Å². The Balaban J connectivity index is 1.68. The van der Waals surface area contributed by atoms with E-state index >= 15 is 0 Å². The normalized spacial score (nSPS) is 18.5. The Morgan fingerprint density at radius 3 is 2.75 bits per heavy atom. The number of nitrogens with zero attached hydrogens (tertiary/aromatic N) is 3. The van der Waals surface area contributed by atoms with E-state index in [0.29, 0.717) is 23.2 Å². The molecule has 0 saturated carbocycles. The number of rotatable bonds is 2. The second kappa shape index (κ2) is 6.49. The van der Waals surface area contributed by atoms with Crippen LogP contribution in [0.15, 0.2) is 59.8 Å². The van der Waals surface area contributed by atoms with Crippen LogP contribution < -0.4 is 5.32 Å². The molecule has 1 aliphatic heterocycles. The lowest BCUT2D eigenvalue weighted by Crippen LogP contribution is -2.31. The van der Waals surface area contributed by atoms with Crippen molar-refractivity contribution in [2.24, 2.45) is 0 Å². The minimum atomic E-state index is -0.375. The van der Waals surface area contributed by atoms with Crippen LogP contribution in [0.2, 0.25) is 5.02 Å². The van der Waals surface area contributed by atoms with Gasteiger partial charge in [0.2, 0.25) is 5.95 Å². The molecule has 3 aromatic rings. The van der Waals surface area contributed by atoms with E-state index in [9.17, 15) is 9.90 Å². The van der Waals surface area contributed by atoms with Crippen LogP contribution in [0.3, 0.4) is 0 Å². The van der Waals surface area contributed by atoms with E-state index in [4.69, 9.17) is 16.7 Å². The zero-order valence-corrected chi connectivity index (χ0v) is 15.6. The molecule has 2 aromatic carbocycles. The highest BCUT2D eigenvalue weighted by molar-refractivity contribution is 6.30. The van der Waals surface area contributed by atoms with Crippen molar-refractivity contribution in [1.82, 2.24) is 14.8 Å². The summed E-state index contributed by atoms with van der Waals surface area (Å²) in [4.78, 5) is 17.4. The number of nitrogens with one attached hydrogen (secondary N) is 1. The van der Waals surface area contributed by atoms with Crippen molar-refractivity contribution in [2.45, 2.75) is 25.3 Å². The number of benzene rings is 2. The third-order valence-electron chi connectivity index (χ3n) is 5.16. The smallest absolute Gasteiger partial charge is 0.226 e. The Morgan fingerprint density at radius 1 is 1.14 bits per heavy atom. The van der Waals surface area contributed by atoms with E-state index in [1.807, 2.05) is 30.3 Å².